The second-order valence-corrected chi connectivity index (χ2v) is 3.19. The number of hydrogen-bond donors (Lipinski definition) is 1. The van der Waals surface area contributed by atoms with E-state index in [0.717, 1.165) is 30.8 Å². The average Bonchev–Trinajstić information content (AvgIpc) is 2.28. The largest absolute Gasteiger partial charge is 0.492 e. The Bertz CT molecular complexity index is 349. The molecule has 15 heavy (non-hydrogen) atoms. The van der Waals surface area contributed by atoms with Crippen molar-refractivity contribution in [2.45, 2.75) is 19.8 Å². The summed E-state index contributed by atoms with van der Waals surface area (Å²) >= 11 is 0. The molecule has 1 aromatic rings. The molecular formula is C13H17NO. The van der Waals surface area contributed by atoms with Crippen molar-refractivity contribution in [2.24, 2.45) is 5.73 Å². The number of para-hydroxylation sites is 1. The standard InChI is InChI=1S/C13H17NO/c1-2-11-15-13-9-4-3-7-12(13)8-5-6-10-14/h3-4,7,9H,2,6,10-11,14H2,1H3. The van der Waals surface area contributed by atoms with Crippen molar-refractivity contribution in [3.05, 3.63) is 29.8 Å². The van der Waals surface area contributed by atoms with E-state index in [-0.39, 0.29) is 0 Å². The van der Waals surface area contributed by atoms with Crippen LogP contribution < -0.4 is 10.5 Å². The molecule has 1 rings (SSSR count). The summed E-state index contributed by atoms with van der Waals surface area (Å²) in [5.74, 6) is 6.95. The number of benzene rings is 1. The molecule has 0 aromatic heterocycles. The summed E-state index contributed by atoms with van der Waals surface area (Å²) in [4.78, 5) is 0. The third-order valence-electron chi connectivity index (χ3n) is 1.84. The van der Waals surface area contributed by atoms with Gasteiger partial charge in [0, 0.05) is 13.0 Å². The lowest BCUT2D eigenvalue weighted by Gasteiger charge is -2.05. The fraction of sp³-hybridized carbons (Fsp3) is 0.385. The molecule has 0 saturated heterocycles. The van der Waals surface area contributed by atoms with E-state index >= 15 is 0 Å². The first kappa shape index (κ1) is 11.6. The van der Waals surface area contributed by atoms with Gasteiger partial charge >= 0.3 is 0 Å². The Morgan fingerprint density at radius 1 is 1.33 bits per heavy atom. The zero-order valence-electron chi connectivity index (χ0n) is 9.12. The topological polar surface area (TPSA) is 35.2 Å². The van der Waals surface area contributed by atoms with E-state index in [1.807, 2.05) is 24.3 Å². The summed E-state index contributed by atoms with van der Waals surface area (Å²) < 4.78 is 5.58. The first-order valence-corrected chi connectivity index (χ1v) is 5.29. The second kappa shape index (κ2) is 6.92. The Morgan fingerprint density at radius 2 is 2.13 bits per heavy atom. The molecule has 2 heteroatoms. The zero-order valence-corrected chi connectivity index (χ0v) is 9.12. The summed E-state index contributed by atoms with van der Waals surface area (Å²) in [7, 11) is 0. The van der Waals surface area contributed by atoms with Crippen molar-refractivity contribution in [3.8, 4) is 17.6 Å². The molecule has 0 radical (unpaired) electrons. The van der Waals surface area contributed by atoms with Gasteiger partial charge in [0.25, 0.3) is 0 Å². The molecular weight excluding hydrogens is 186 g/mol. The third-order valence-corrected chi connectivity index (χ3v) is 1.84. The highest BCUT2D eigenvalue weighted by Crippen LogP contribution is 2.16. The monoisotopic (exact) mass is 203 g/mol. The quantitative estimate of drug-likeness (QED) is 0.761. The van der Waals surface area contributed by atoms with Gasteiger partial charge in [-0.3, -0.25) is 0 Å². The van der Waals surface area contributed by atoms with Gasteiger partial charge in [0.1, 0.15) is 5.75 Å². The van der Waals surface area contributed by atoms with Crippen molar-refractivity contribution in [3.63, 3.8) is 0 Å². The second-order valence-electron chi connectivity index (χ2n) is 3.19. The van der Waals surface area contributed by atoms with Crippen LogP contribution in [-0.4, -0.2) is 13.2 Å². The van der Waals surface area contributed by atoms with Crippen LogP contribution in [0.4, 0.5) is 0 Å². The molecule has 0 spiro atoms. The molecule has 0 saturated carbocycles. The van der Waals surface area contributed by atoms with Crippen molar-refractivity contribution >= 4 is 0 Å². The molecule has 0 bridgehead atoms. The van der Waals surface area contributed by atoms with Gasteiger partial charge < -0.3 is 10.5 Å². The maximum atomic E-state index is 5.58. The van der Waals surface area contributed by atoms with Gasteiger partial charge in [-0.25, -0.2) is 0 Å². The molecule has 2 N–H and O–H groups in total. The molecule has 1 aromatic carbocycles. The fourth-order valence-corrected chi connectivity index (χ4v) is 1.14. The molecule has 0 aliphatic rings. The lowest BCUT2D eigenvalue weighted by atomic mass is 10.2. The van der Waals surface area contributed by atoms with Crippen molar-refractivity contribution in [2.75, 3.05) is 13.2 Å². The smallest absolute Gasteiger partial charge is 0.134 e. The maximum Gasteiger partial charge on any atom is 0.134 e. The average molecular weight is 203 g/mol. The van der Waals surface area contributed by atoms with E-state index in [9.17, 15) is 0 Å². The van der Waals surface area contributed by atoms with Crippen LogP contribution in [-0.2, 0) is 0 Å². The minimum Gasteiger partial charge on any atom is -0.492 e. The Labute approximate surface area is 91.4 Å². The van der Waals surface area contributed by atoms with Crippen LogP contribution in [0.2, 0.25) is 0 Å². The number of rotatable bonds is 4. The van der Waals surface area contributed by atoms with Crippen LogP contribution >= 0.6 is 0 Å². The zero-order chi connectivity index (χ0) is 10.9. The third kappa shape index (κ3) is 4.05. The molecule has 80 valence electrons. The van der Waals surface area contributed by atoms with Crippen LogP contribution in [0.15, 0.2) is 24.3 Å². The van der Waals surface area contributed by atoms with Gasteiger partial charge in [-0.1, -0.05) is 30.9 Å². The predicted molar refractivity (Wildman–Crippen MR) is 62.8 cm³/mol. The van der Waals surface area contributed by atoms with E-state index < -0.39 is 0 Å². The number of hydrogen-bond acceptors (Lipinski definition) is 2. The van der Waals surface area contributed by atoms with E-state index in [4.69, 9.17) is 10.5 Å². The lowest BCUT2D eigenvalue weighted by Crippen LogP contribution is -1.97. The molecule has 0 heterocycles. The molecule has 0 unspecified atom stereocenters. The highest BCUT2D eigenvalue weighted by Gasteiger charge is 1.98. The van der Waals surface area contributed by atoms with E-state index in [1.54, 1.807) is 0 Å². The van der Waals surface area contributed by atoms with Gasteiger partial charge in [-0.2, -0.15) is 0 Å². The van der Waals surface area contributed by atoms with Gasteiger partial charge in [0.05, 0.1) is 12.2 Å². The molecule has 0 aliphatic heterocycles. The lowest BCUT2D eigenvalue weighted by molar-refractivity contribution is 0.316. The molecule has 0 atom stereocenters. The number of ether oxygens (including phenoxy) is 1. The highest BCUT2D eigenvalue weighted by molar-refractivity contribution is 5.45. The summed E-state index contributed by atoms with van der Waals surface area (Å²) in [5.41, 5.74) is 6.32. The van der Waals surface area contributed by atoms with Gasteiger partial charge in [0.2, 0.25) is 0 Å². The Balaban J connectivity index is 2.73. The van der Waals surface area contributed by atoms with Crippen LogP contribution in [0, 0.1) is 11.8 Å². The van der Waals surface area contributed by atoms with E-state index in [2.05, 4.69) is 18.8 Å². The van der Waals surface area contributed by atoms with Crippen LogP contribution in [0.1, 0.15) is 25.3 Å². The highest BCUT2D eigenvalue weighted by atomic mass is 16.5. The number of nitrogens with two attached hydrogens (primary N) is 1. The van der Waals surface area contributed by atoms with Crippen LogP contribution in [0.25, 0.3) is 0 Å². The fourth-order valence-electron chi connectivity index (χ4n) is 1.14. The molecule has 0 aliphatic carbocycles. The predicted octanol–water partition coefficient (Wildman–Crippen LogP) is 2.18. The van der Waals surface area contributed by atoms with Crippen LogP contribution in [0.5, 0.6) is 5.75 Å². The maximum absolute atomic E-state index is 5.58. The minimum absolute atomic E-state index is 0.602. The Morgan fingerprint density at radius 3 is 2.87 bits per heavy atom. The first-order chi connectivity index (χ1) is 7.38. The summed E-state index contributed by atoms with van der Waals surface area (Å²) in [5, 5.41) is 0. The molecule has 0 amide bonds. The minimum atomic E-state index is 0.602. The first-order valence-electron chi connectivity index (χ1n) is 5.29. The van der Waals surface area contributed by atoms with Gasteiger partial charge in [0.15, 0.2) is 0 Å². The van der Waals surface area contributed by atoms with E-state index in [0.29, 0.717) is 6.54 Å². The summed E-state index contributed by atoms with van der Waals surface area (Å²) in [6, 6.07) is 7.83. The normalized spacial score (nSPS) is 9.20. The Kier molecular flexibility index (Phi) is 5.35. The summed E-state index contributed by atoms with van der Waals surface area (Å²) in [6.45, 7) is 3.42. The molecule has 2 nitrogen and oxygen atoms in total. The summed E-state index contributed by atoms with van der Waals surface area (Å²) in [6.07, 6.45) is 1.73. The van der Waals surface area contributed by atoms with Crippen molar-refractivity contribution in [1.29, 1.82) is 0 Å². The SMILES string of the molecule is CCCOc1ccccc1C#CCCN. The van der Waals surface area contributed by atoms with Crippen molar-refractivity contribution in [1.82, 2.24) is 0 Å². The van der Waals surface area contributed by atoms with Crippen molar-refractivity contribution < 1.29 is 4.74 Å². The molecule has 0 fully saturated rings. The van der Waals surface area contributed by atoms with Gasteiger partial charge in [-0.05, 0) is 18.6 Å². The Hall–Kier alpha value is -1.46. The van der Waals surface area contributed by atoms with Gasteiger partial charge in [-0.15, -0.1) is 0 Å². The van der Waals surface area contributed by atoms with E-state index in [1.165, 1.54) is 0 Å². The van der Waals surface area contributed by atoms with Crippen LogP contribution in [0.3, 0.4) is 0 Å².